The van der Waals surface area contributed by atoms with Gasteiger partial charge in [0.25, 0.3) is 0 Å². The highest BCUT2D eigenvalue weighted by molar-refractivity contribution is 6.31. The van der Waals surface area contributed by atoms with Gasteiger partial charge < -0.3 is 9.84 Å². The SMILES string of the molecule is CCn1nc(C)c(Cl)c1CC(O)Cc1ccc(OC)nc1. The minimum atomic E-state index is -0.529. The lowest BCUT2D eigenvalue weighted by Gasteiger charge is -2.12. The molecule has 2 aromatic rings. The molecule has 0 bridgehead atoms. The normalized spacial score (nSPS) is 12.4. The highest BCUT2D eigenvalue weighted by atomic mass is 35.5. The summed E-state index contributed by atoms with van der Waals surface area (Å²) in [7, 11) is 1.58. The van der Waals surface area contributed by atoms with Crippen molar-refractivity contribution in [3.8, 4) is 5.88 Å². The van der Waals surface area contributed by atoms with Crippen LogP contribution in [0.2, 0.25) is 5.02 Å². The molecular weight excluding hydrogens is 290 g/mol. The summed E-state index contributed by atoms with van der Waals surface area (Å²) in [5.74, 6) is 0.566. The van der Waals surface area contributed by atoms with Crippen molar-refractivity contribution in [2.75, 3.05) is 7.11 Å². The van der Waals surface area contributed by atoms with Crippen LogP contribution in [0.5, 0.6) is 5.88 Å². The average molecular weight is 310 g/mol. The largest absolute Gasteiger partial charge is 0.481 e. The molecule has 6 heteroatoms. The van der Waals surface area contributed by atoms with Crippen molar-refractivity contribution in [1.29, 1.82) is 0 Å². The number of halogens is 1. The lowest BCUT2D eigenvalue weighted by Crippen LogP contribution is -2.17. The molecule has 0 spiro atoms. The second-order valence-corrected chi connectivity index (χ2v) is 5.31. The van der Waals surface area contributed by atoms with Crippen LogP contribution in [0.3, 0.4) is 0 Å². The van der Waals surface area contributed by atoms with Crippen LogP contribution in [0.1, 0.15) is 23.9 Å². The number of ether oxygens (including phenoxy) is 1. The van der Waals surface area contributed by atoms with Gasteiger partial charge >= 0.3 is 0 Å². The quantitative estimate of drug-likeness (QED) is 0.890. The molecule has 1 N–H and O–H groups in total. The summed E-state index contributed by atoms with van der Waals surface area (Å²) in [5.41, 5.74) is 2.64. The van der Waals surface area contributed by atoms with Gasteiger partial charge in [0, 0.05) is 31.6 Å². The van der Waals surface area contributed by atoms with Gasteiger partial charge in [-0.15, -0.1) is 0 Å². The molecule has 0 fully saturated rings. The van der Waals surface area contributed by atoms with Crippen molar-refractivity contribution in [3.63, 3.8) is 0 Å². The second kappa shape index (κ2) is 6.91. The summed E-state index contributed by atoms with van der Waals surface area (Å²) in [4.78, 5) is 4.14. The van der Waals surface area contributed by atoms with Crippen molar-refractivity contribution >= 4 is 11.6 Å². The van der Waals surface area contributed by atoms with Gasteiger partial charge in [0.15, 0.2) is 0 Å². The van der Waals surface area contributed by atoms with Gasteiger partial charge in [0.05, 0.1) is 29.6 Å². The first-order chi connectivity index (χ1) is 10.0. The summed E-state index contributed by atoms with van der Waals surface area (Å²) >= 11 is 6.26. The molecule has 1 atom stereocenters. The summed E-state index contributed by atoms with van der Waals surface area (Å²) in [6, 6.07) is 3.69. The van der Waals surface area contributed by atoms with Crippen molar-refractivity contribution in [1.82, 2.24) is 14.8 Å². The van der Waals surface area contributed by atoms with Crippen LogP contribution in [0.25, 0.3) is 0 Å². The number of aryl methyl sites for hydroxylation is 2. The molecule has 0 radical (unpaired) electrons. The number of aliphatic hydroxyl groups is 1. The van der Waals surface area contributed by atoms with Crippen LogP contribution in [-0.2, 0) is 19.4 Å². The molecule has 2 heterocycles. The van der Waals surface area contributed by atoms with Crippen LogP contribution >= 0.6 is 11.6 Å². The zero-order valence-electron chi connectivity index (χ0n) is 12.5. The van der Waals surface area contributed by atoms with Crippen molar-refractivity contribution in [3.05, 3.63) is 40.3 Å². The molecule has 0 saturated heterocycles. The molecule has 0 aliphatic carbocycles. The van der Waals surface area contributed by atoms with Gasteiger partial charge in [0.2, 0.25) is 5.88 Å². The molecule has 21 heavy (non-hydrogen) atoms. The number of aliphatic hydroxyl groups excluding tert-OH is 1. The predicted molar refractivity (Wildman–Crippen MR) is 81.9 cm³/mol. The zero-order chi connectivity index (χ0) is 15.4. The molecule has 0 aliphatic rings. The van der Waals surface area contributed by atoms with Crippen LogP contribution in [-0.4, -0.2) is 33.1 Å². The first-order valence-electron chi connectivity index (χ1n) is 6.93. The molecule has 2 aromatic heterocycles. The number of methoxy groups -OCH3 is 1. The van der Waals surface area contributed by atoms with E-state index >= 15 is 0 Å². The average Bonchev–Trinajstić information content (AvgIpc) is 2.75. The van der Waals surface area contributed by atoms with E-state index in [4.69, 9.17) is 16.3 Å². The molecule has 5 nitrogen and oxygen atoms in total. The first-order valence-corrected chi connectivity index (χ1v) is 7.31. The molecule has 0 amide bonds. The monoisotopic (exact) mass is 309 g/mol. The Balaban J connectivity index is 2.05. The van der Waals surface area contributed by atoms with E-state index in [1.807, 2.05) is 24.6 Å². The smallest absolute Gasteiger partial charge is 0.212 e. The Bertz CT molecular complexity index is 596. The number of nitrogens with zero attached hydrogens (tertiary/aromatic N) is 3. The standard InChI is InChI=1S/C15H20ClN3O2/c1-4-19-13(15(16)10(2)18-19)8-12(20)7-11-5-6-14(21-3)17-9-11/h5-6,9,12,20H,4,7-8H2,1-3H3. The van der Waals surface area contributed by atoms with E-state index in [0.717, 1.165) is 23.5 Å². The Kier molecular flexibility index (Phi) is 5.20. The van der Waals surface area contributed by atoms with E-state index in [1.165, 1.54) is 0 Å². The minimum Gasteiger partial charge on any atom is -0.481 e. The van der Waals surface area contributed by atoms with Gasteiger partial charge in [-0.3, -0.25) is 4.68 Å². The summed E-state index contributed by atoms with van der Waals surface area (Å²) in [5, 5.41) is 15.3. The maximum Gasteiger partial charge on any atom is 0.212 e. The third-order valence-electron chi connectivity index (χ3n) is 3.36. The van der Waals surface area contributed by atoms with E-state index in [9.17, 15) is 5.11 Å². The summed E-state index contributed by atoms with van der Waals surface area (Å²) in [6.45, 7) is 4.61. The lowest BCUT2D eigenvalue weighted by atomic mass is 10.1. The van der Waals surface area contributed by atoms with Gasteiger partial charge in [-0.1, -0.05) is 17.7 Å². The Labute approximate surface area is 129 Å². The third-order valence-corrected chi connectivity index (χ3v) is 3.85. The van der Waals surface area contributed by atoms with E-state index < -0.39 is 6.10 Å². The second-order valence-electron chi connectivity index (χ2n) is 4.93. The maximum atomic E-state index is 10.3. The number of rotatable bonds is 6. The number of pyridine rings is 1. The van der Waals surface area contributed by atoms with Crippen molar-refractivity contribution in [2.45, 2.75) is 39.3 Å². The fourth-order valence-electron chi connectivity index (χ4n) is 2.28. The van der Waals surface area contributed by atoms with Gasteiger partial charge in [0.1, 0.15) is 0 Å². The topological polar surface area (TPSA) is 60.2 Å². The fourth-order valence-corrected chi connectivity index (χ4v) is 2.50. The maximum absolute atomic E-state index is 10.3. The molecule has 114 valence electrons. The van der Waals surface area contributed by atoms with E-state index in [0.29, 0.717) is 23.7 Å². The fraction of sp³-hybridized carbons (Fsp3) is 0.467. The molecule has 2 rings (SSSR count). The Morgan fingerprint density at radius 1 is 1.38 bits per heavy atom. The Morgan fingerprint density at radius 3 is 2.71 bits per heavy atom. The van der Waals surface area contributed by atoms with E-state index in [1.54, 1.807) is 19.4 Å². The highest BCUT2D eigenvalue weighted by Crippen LogP contribution is 2.22. The van der Waals surface area contributed by atoms with Crippen LogP contribution in [0, 0.1) is 6.92 Å². The highest BCUT2D eigenvalue weighted by Gasteiger charge is 2.17. The number of aromatic nitrogens is 3. The summed E-state index contributed by atoms with van der Waals surface area (Å²) < 4.78 is 6.86. The first kappa shape index (κ1) is 15.8. The number of hydrogen-bond acceptors (Lipinski definition) is 4. The molecule has 0 saturated carbocycles. The van der Waals surface area contributed by atoms with Crippen molar-refractivity contribution in [2.24, 2.45) is 0 Å². The van der Waals surface area contributed by atoms with Crippen LogP contribution < -0.4 is 4.74 Å². The van der Waals surface area contributed by atoms with Crippen LogP contribution in [0.15, 0.2) is 18.3 Å². The zero-order valence-corrected chi connectivity index (χ0v) is 13.3. The van der Waals surface area contributed by atoms with Gasteiger partial charge in [-0.25, -0.2) is 4.98 Å². The molecule has 0 aromatic carbocycles. The number of hydrogen-bond donors (Lipinski definition) is 1. The Morgan fingerprint density at radius 2 is 2.14 bits per heavy atom. The molecule has 1 unspecified atom stereocenters. The van der Waals surface area contributed by atoms with Crippen LogP contribution in [0.4, 0.5) is 0 Å². The molecular formula is C15H20ClN3O2. The Hall–Kier alpha value is -1.59. The lowest BCUT2D eigenvalue weighted by molar-refractivity contribution is 0.172. The van der Waals surface area contributed by atoms with Crippen molar-refractivity contribution < 1.29 is 9.84 Å². The van der Waals surface area contributed by atoms with Gasteiger partial charge in [-0.05, 0) is 19.4 Å². The third kappa shape index (κ3) is 3.74. The van der Waals surface area contributed by atoms with E-state index in [2.05, 4.69) is 10.1 Å². The van der Waals surface area contributed by atoms with Gasteiger partial charge in [-0.2, -0.15) is 5.10 Å². The minimum absolute atomic E-state index is 0.472. The predicted octanol–water partition coefficient (Wildman–Crippen LogP) is 2.41. The molecule has 0 aliphatic heterocycles. The summed E-state index contributed by atoms with van der Waals surface area (Å²) in [6.07, 6.45) is 2.17. The van der Waals surface area contributed by atoms with E-state index in [-0.39, 0.29) is 0 Å².